The van der Waals surface area contributed by atoms with Gasteiger partial charge in [-0.25, -0.2) is 0 Å². The van der Waals surface area contributed by atoms with E-state index in [4.69, 9.17) is 21.7 Å². The number of benzene rings is 2. The van der Waals surface area contributed by atoms with Gasteiger partial charge in [-0.15, -0.1) is 0 Å². The summed E-state index contributed by atoms with van der Waals surface area (Å²) in [5.41, 5.74) is 1.57. The molecule has 6 heteroatoms. The quantitative estimate of drug-likeness (QED) is 0.713. The second-order valence-corrected chi connectivity index (χ2v) is 6.67. The SMILES string of the molecule is Cn1c(=O)c2c(c3ccccc31)OC(=N)C(C#N)C2c1cccc(Cl)c1. The minimum absolute atomic E-state index is 0.164. The van der Waals surface area contributed by atoms with E-state index >= 15 is 0 Å². The monoisotopic (exact) mass is 363 g/mol. The van der Waals surface area contributed by atoms with Crippen LogP contribution in [0.15, 0.2) is 53.3 Å². The Morgan fingerprint density at radius 2 is 2.00 bits per heavy atom. The fourth-order valence-corrected chi connectivity index (χ4v) is 3.76. The van der Waals surface area contributed by atoms with Crippen LogP contribution in [0.5, 0.6) is 5.75 Å². The van der Waals surface area contributed by atoms with E-state index < -0.39 is 11.8 Å². The maximum absolute atomic E-state index is 13.1. The number of hydrogen-bond acceptors (Lipinski definition) is 4. The zero-order valence-electron chi connectivity index (χ0n) is 13.9. The van der Waals surface area contributed by atoms with Gasteiger partial charge in [0.25, 0.3) is 5.56 Å². The first kappa shape index (κ1) is 16.4. The molecule has 0 amide bonds. The van der Waals surface area contributed by atoms with Gasteiger partial charge in [-0.05, 0) is 29.8 Å². The smallest absolute Gasteiger partial charge is 0.258 e. The van der Waals surface area contributed by atoms with E-state index in [1.165, 1.54) is 0 Å². The normalized spacial score (nSPS) is 18.9. The van der Waals surface area contributed by atoms with Crippen LogP contribution >= 0.6 is 11.6 Å². The fourth-order valence-electron chi connectivity index (χ4n) is 3.56. The molecule has 1 aliphatic rings. The molecule has 0 fully saturated rings. The summed E-state index contributed by atoms with van der Waals surface area (Å²) in [5, 5.41) is 19.1. The molecule has 1 aromatic heterocycles. The van der Waals surface area contributed by atoms with E-state index in [0.29, 0.717) is 27.4 Å². The Morgan fingerprint density at radius 3 is 2.73 bits per heavy atom. The summed E-state index contributed by atoms with van der Waals surface area (Å²) in [4.78, 5) is 13.1. The van der Waals surface area contributed by atoms with Crippen molar-refractivity contribution < 1.29 is 4.74 Å². The molecule has 0 bridgehead atoms. The summed E-state index contributed by atoms with van der Waals surface area (Å²) in [5.74, 6) is -1.32. The minimum atomic E-state index is -0.894. The third-order valence-electron chi connectivity index (χ3n) is 4.78. The van der Waals surface area contributed by atoms with Crippen LogP contribution in [-0.4, -0.2) is 10.5 Å². The molecule has 0 saturated heterocycles. The first-order chi connectivity index (χ1) is 12.5. The van der Waals surface area contributed by atoms with Gasteiger partial charge in [0.05, 0.1) is 17.1 Å². The summed E-state index contributed by atoms with van der Waals surface area (Å²) in [6.45, 7) is 0. The number of aromatic nitrogens is 1. The highest BCUT2D eigenvalue weighted by atomic mass is 35.5. The Bertz CT molecular complexity index is 1160. The van der Waals surface area contributed by atoms with Gasteiger partial charge in [-0.3, -0.25) is 10.2 Å². The van der Waals surface area contributed by atoms with Gasteiger partial charge in [0.1, 0.15) is 11.7 Å². The highest BCUT2D eigenvalue weighted by molar-refractivity contribution is 6.30. The lowest BCUT2D eigenvalue weighted by atomic mass is 9.79. The molecule has 5 nitrogen and oxygen atoms in total. The number of aryl methyl sites for hydroxylation is 1. The highest BCUT2D eigenvalue weighted by Gasteiger charge is 2.40. The summed E-state index contributed by atoms with van der Waals surface area (Å²) in [6.07, 6.45) is 0. The van der Waals surface area contributed by atoms with Crippen molar-refractivity contribution in [3.8, 4) is 11.8 Å². The van der Waals surface area contributed by atoms with E-state index in [9.17, 15) is 10.1 Å². The molecule has 0 aliphatic carbocycles. The first-order valence-corrected chi connectivity index (χ1v) is 8.43. The first-order valence-electron chi connectivity index (χ1n) is 8.06. The molecule has 1 aliphatic heterocycles. The Morgan fingerprint density at radius 1 is 1.23 bits per heavy atom. The zero-order valence-corrected chi connectivity index (χ0v) is 14.6. The molecule has 0 spiro atoms. The van der Waals surface area contributed by atoms with Crippen LogP contribution in [0.1, 0.15) is 17.0 Å². The van der Waals surface area contributed by atoms with Crippen LogP contribution in [0.25, 0.3) is 10.9 Å². The number of fused-ring (bicyclic) bond motifs is 3. The van der Waals surface area contributed by atoms with Gasteiger partial charge < -0.3 is 9.30 Å². The van der Waals surface area contributed by atoms with Gasteiger partial charge in [-0.1, -0.05) is 35.9 Å². The van der Waals surface area contributed by atoms with E-state index in [1.807, 2.05) is 30.3 Å². The molecule has 0 radical (unpaired) electrons. The summed E-state index contributed by atoms with van der Waals surface area (Å²) in [7, 11) is 1.70. The summed E-state index contributed by atoms with van der Waals surface area (Å²) >= 11 is 6.13. The molecule has 4 rings (SSSR count). The maximum Gasteiger partial charge on any atom is 0.258 e. The lowest BCUT2D eigenvalue weighted by Crippen LogP contribution is -2.37. The fraction of sp³-hybridized carbons (Fsp3) is 0.150. The Labute approximate surface area is 154 Å². The number of nitrogens with zero attached hydrogens (tertiary/aromatic N) is 2. The van der Waals surface area contributed by atoms with Gasteiger partial charge >= 0.3 is 0 Å². The van der Waals surface area contributed by atoms with E-state index in [0.717, 1.165) is 5.39 Å². The Kier molecular flexibility index (Phi) is 3.78. The molecular formula is C20H14ClN3O2. The molecule has 2 atom stereocenters. The number of rotatable bonds is 1. The van der Waals surface area contributed by atoms with Crippen molar-refractivity contribution in [2.45, 2.75) is 5.92 Å². The molecular weight excluding hydrogens is 350 g/mol. The predicted molar refractivity (Wildman–Crippen MR) is 99.9 cm³/mol. The number of ether oxygens (including phenoxy) is 1. The number of hydrogen-bond donors (Lipinski definition) is 1. The van der Waals surface area contributed by atoms with Gasteiger partial charge in [0.2, 0.25) is 5.90 Å². The van der Waals surface area contributed by atoms with Crippen molar-refractivity contribution in [2.75, 3.05) is 0 Å². The average Bonchev–Trinajstić information content (AvgIpc) is 2.65. The highest BCUT2D eigenvalue weighted by Crippen LogP contribution is 2.43. The van der Waals surface area contributed by atoms with Gasteiger partial charge in [-0.2, -0.15) is 5.26 Å². The van der Waals surface area contributed by atoms with Crippen LogP contribution in [-0.2, 0) is 7.05 Å². The lowest BCUT2D eigenvalue weighted by molar-refractivity contribution is 0.450. The second kappa shape index (κ2) is 6.01. The van der Waals surface area contributed by atoms with Crippen LogP contribution in [0.4, 0.5) is 0 Å². The van der Waals surface area contributed by atoms with E-state index in [-0.39, 0.29) is 11.5 Å². The number of nitriles is 1. The predicted octanol–water partition coefficient (Wildman–Crippen LogP) is 3.83. The standard InChI is InChI=1S/C20H14ClN3O2/c1-24-15-8-3-2-7-13(15)18-17(20(24)25)16(14(10-22)19(23)26-18)11-5-4-6-12(21)9-11/h2-9,14,16,23H,1H3. The molecule has 2 aromatic carbocycles. The van der Waals surface area contributed by atoms with Crippen LogP contribution < -0.4 is 10.3 Å². The van der Waals surface area contributed by atoms with E-state index in [1.54, 1.807) is 29.8 Å². The van der Waals surface area contributed by atoms with Crippen LogP contribution in [0.2, 0.25) is 5.02 Å². The van der Waals surface area contributed by atoms with Crippen LogP contribution in [0.3, 0.4) is 0 Å². The van der Waals surface area contributed by atoms with Crippen molar-refractivity contribution in [1.82, 2.24) is 4.57 Å². The van der Waals surface area contributed by atoms with Gasteiger partial charge in [0, 0.05) is 23.4 Å². The van der Waals surface area contributed by atoms with Crippen LogP contribution in [0, 0.1) is 22.7 Å². The second-order valence-electron chi connectivity index (χ2n) is 6.23. The lowest BCUT2D eigenvalue weighted by Gasteiger charge is -2.31. The molecule has 3 aromatic rings. The molecule has 1 N–H and O–H groups in total. The number of pyridine rings is 1. The Hall–Kier alpha value is -3.10. The number of nitrogens with one attached hydrogen (secondary N) is 1. The molecule has 2 heterocycles. The van der Waals surface area contributed by atoms with Gasteiger partial charge in [0.15, 0.2) is 0 Å². The van der Waals surface area contributed by atoms with Crippen molar-refractivity contribution in [2.24, 2.45) is 13.0 Å². The molecule has 2 unspecified atom stereocenters. The number of halogens is 1. The third-order valence-corrected chi connectivity index (χ3v) is 5.01. The summed E-state index contributed by atoms with van der Waals surface area (Å²) < 4.78 is 7.23. The maximum atomic E-state index is 13.1. The third kappa shape index (κ3) is 2.31. The van der Waals surface area contributed by atoms with E-state index in [2.05, 4.69) is 6.07 Å². The minimum Gasteiger partial charge on any atom is -0.441 e. The summed E-state index contributed by atoms with van der Waals surface area (Å²) in [6, 6.07) is 16.5. The molecule has 26 heavy (non-hydrogen) atoms. The van der Waals surface area contributed by atoms with Crippen molar-refractivity contribution in [3.63, 3.8) is 0 Å². The average molecular weight is 364 g/mol. The van der Waals surface area contributed by atoms with Crippen molar-refractivity contribution in [1.29, 1.82) is 10.7 Å². The number of para-hydroxylation sites is 1. The van der Waals surface area contributed by atoms with Crippen molar-refractivity contribution in [3.05, 3.63) is 75.0 Å². The van der Waals surface area contributed by atoms with Crippen molar-refractivity contribution >= 4 is 28.4 Å². The largest absolute Gasteiger partial charge is 0.441 e. The Balaban J connectivity index is 2.12. The zero-order chi connectivity index (χ0) is 18.4. The molecule has 0 saturated carbocycles. The molecule has 128 valence electrons. The topological polar surface area (TPSA) is 78.9 Å².